The molecule has 0 spiro atoms. The van der Waals surface area contributed by atoms with Gasteiger partial charge in [-0.15, -0.1) is 0 Å². The summed E-state index contributed by atoms with van der Waals surface area (Å²) in [5, 5.41) is 3.47. The number of hydrogen-bond acceptors (Lipinski definition) is 3. The van der Waals surface area contributed by atoms with E-state index < -0.39 is 0 Å². The molecular formula is C16H31N3O. The Labute approximate surface area is 123 Å². The van der Waals surface area contributed by atoms with Crippen LogP contribution in [-0.4, -0.2) is 61.5 Å². The Morgan fingerprint density at radius 2 is 1.95 bits per heavy atom. The number of likely N-dealkylation sites (N-methyl/N-ethyl adjacent to an activating group) is 1. The number of nitrogens with one attached hydrogen (secondary N) is 1. The van der Waals surface area contributed by atoms with Crippen LogP contribution >= 0.6 is 0 Å². The summed E-state index contributed by atoms with van der Waals surface area (Å²) in [6.07, 6.45) is 7.53. The van der Waals surface area contributed by atoms with E-state index in [1.54, 1.807) is 0 Å². The van der Waals surface area contributed by atoms with E-state index in [0.29, 0.717) is 12.5 Å². The van der Waals surface area contributed by atoms with E-state index in [2.05, 4.69) is 22.0 Å². The Morgan fingerprint density at radius 3 is 2.55 bits per heavy atom. The number of hydrogen-bond donors (Lipinski definition) is 1. The Balaban J connectivity index is 1.77. The van der Waals surface area contributed by atoms with Gasteiger partial charge in [-0.25, -0.2) is 0 Å². The Bertz CT molecular complexity index is 281. The maximum Gasteiger partial charge on any atom is 0.236 e. The zero-order valence-electron chi connectivity index (χ0n) is 13.1. The lowest BCUT2D eigenvalue weighted by atomic mass is 9.99. The lowest BCUT2D eigenvalue weighted by Crippen LogP contribution is -2.44. The van der Waals surface area contributed by atoms with Crippen LogP contribution in [0.15, 0.2) is 0 Å². The number of likely N-dealkylation sites (tertiary alicyclic amines) is 1. The topological polar surface area (TPSA) is 35.6 Å². The number of rotatable bonds is 5. The van der Waals surface area contributed by atoms with E-state index in [4.69, 9.17) is 0 Å². The van der Waals surface area contributed by atoms with Crippen LogP contribution in [0.4, 0.5) is 0 Å². The maximum atomic E-state index is 12.4. The van der Waals surface area contributed by atoms with Gasteiger partial charge < -0.3 is 10.2 Å². The fraction of sp³-hybridized carbons (Fsp3) is 0.938. The van der Waals surface area contributed by atoms with Crippen molar-refractivity contribution in [3.8, 4) is 0 Å². The molecule has 2 fully saturated rings. The first kappa shape index (κ1) is 15.8. The molecule has 0 bridgehead atoms. The number of carbonyl (C=O) groups is 1. The molecule has 0 aromatic heterocycles. The molecule has 1 atom stereocenters. The molecule has 1 unspecified atom stereocenters. The third-order valence-electron chi connectivity index (χ3n) is 4.68. The SMILES string of the molecule is CCN(CC(=O)N1CCCCCC1)CC1CCCNC1. The monoisotopic (exact) mass is 281 g/mol. The highest BCUT2D eigenvalue weighted by atomic mass is 16.2. The van der Waals surface area contributed by atoms with Crippen molar-refractivity contribution in [2.45, 2.75) is 45.4 Å². The smallest absolute Gasteiger partial charge is 0.236 e. The molecule has 0 aliphatic carbocycles. The lowest BCUT2D eigenvalue weighted by Gasteiger charge is -2.30. The zero-order chi connectivity index (χ0) is 14.2. The number of piperidine rings is 1. The first-order valence-electron chi connectivity index (χ1n) is 8.50. The summed E-state index contributed by atoms with van der Waals surface area (Å²) < 4.78 is 0. The van der Waals surface area contributed by atoms with E-state index in [1.807, 2.05) is 0 Å². The van der Waals surface area contributed by atoms with Gasteiger partial charge >= 0.3 is 0 Å². The van der Waals surface area contributed by atoms with Crippen molar-refractivity contribution in [2.24, 2.45) is 5.92 Å². The molecular weight excluding hydrogens is 250 g/mol. The van der Waals surface area contributed by atoms with Crippen LogP contribution in [0.5, 0.6) is 0 Å². The molecule has 20 heavy (non-hydrogen) atoms. The number of amides is 1. The summed E-state index contributed by atoms with van der Waals surface area (Å²) in [5.41, 5.74) is 0. The fourth-order valence-electron chi connectivity index (χ4n) is 3.36. The molecule has 0 aromatic rings. The second-order valence-corrected chi connectivity index (χ2v) is 6.34. The summed E-state index contributed by atoms with van der Waals surface area (Å²) in [5.74, 6) is 1.07. The molecule has 0 radical (unpaired) electrons. The van der Waals surface area contributed by atoms with Crippen LogP contribution in [0.1, 0.15) is 45.4 Å². The van der Waals surface area contributed by atoms with Gasteiger partial charge in [0.05, 0.1) is 6.54 Å². The van der Waals surface area contributed by atoms with Gasteiger partial charge in [-0.05, 0) is 51.2 Å². The van der Waals surface area contributed by atoms with Crippen molar-refractivity contribution < 1.29 is 4.79 Å². The summed E-state index contributed by atoms with van der Waals surface area (Å²) in [7, 11) is 0. The van der Waals surface area contributed by atoms with Gasteiger partial charge in [0.2, 0.25) is 5.91 Å². The molecule has 4 nitrogen and oxygen atoms in total. The summed E-state index contributed by atoms with van der Waals surface area (Å²) in [6, 6.07) is 0. The Kier molecular flexibility index (Phi) is 6.80. The average Bonchev–Trinajstić information content (AvgIpc) is 2.76. The van der Waals surface area contributed by atoms with Crippen molar-refractivity contribution in [3.63, 3.8) is 0 Å². The third-order valence-corrected chi connectivity index (χ3v) is 4.68. The normalized spacial score (nSPS) is 24.7. The summed E-state index contributed by atoms with van der Waals surface area (Å²) >= 11 is 0. The molecule has 1 N–H and O–H groups in total. The molecule has 116 valence electrons. The minimum atomic E-state index is 0.345. The van der Waals surface area contributed by atoms with Crippen LogP contribution in [0.2, 0.25) is 0 Å². The first-order valence-corrected chi connectivity index (χ1v) is 8.50. The van der Waals surface area contributed by atoms with Crippen molar-refractivity contribution >= 4 is 5.91 Å². The largest absolute Gasteiger partial charge is 0.342 e. The van der Waals surface area contributed by atoms with Crippen molar-refractivity contribution in [1.82, 2.24) is 15.1 Å². The quantitative estimate of drug-likeness (QED) is 0.833. The van der Waals surface area contributed by atoms with Gasteiger partial charge in [-0.2, -0.15) is 0 Å². The van der Waals surface area contributed by atoms with Crippen LogP contribution in [0, 0.1) is 5.92 Å². The third kappa shape index (κ3) is 5.06. The highest BCUT2D eigenvalue weighted by molar-refractivity contribution is 5.78. The van der Waals surface area contributed by atoms with E-state index in [9.17, 15) is 4.79 Å². The first-order chi connectivity index (χ1) is 9.79. The van der Waals surface area contributed by atoms with E-state index in [-0.39, 0.29) is 0 Å². The highest BCUT2D eigenvalue weighted by Gasteiger charge is 2.21. The fourth-order valence-corrected chi connectivity index (χ4v) is 3.36. The van der Waals surface area contributed by atoms with Gasteiger partial charge in [-0.1, -0.05) is 19.8 Å². The van der Waals surface area contributed by atoms with E-state index >= 15 is 0 Å². The number of carbonyl (C=O) groups excluding carboxylic acids is 1. The molecule has 2 aliphatic rings. The highest BCUT2D eigenvalue weighted by Crippen LogP contribution is 2.13. The second kappa shape index (κ2) is 8.63. The zero-order valence-corrected chi connectivity index (χ0v) is 13.1. The van der Waals surface area contributed by atoms with Crippen LogP contribution in [-0.2, 0) is 4.79 Å². The van der Waals surface area contributed by atoms with E-state index in [0.717, 1.165) is 45.2 Å². The van der Waals surface area contributed by atoms with Gasteiger partial charge in [-0.3, -0.25) is 9.69 Å². The number of nitrogens with zero attached hydrogens (tertiary/aromatic N) is 2. The van der Waals surface area contributed by atoms with E-state index in [1.165, 1.54) is 38.5 Å². The van der Waals surface area contributed by atoms with Gasteiger partial charge in [0, 0.05) is 19.6 Å². The predicted molar refractivity (Wildman–Crippen MR) is 82.8 cm³/mol. The summed E-state index contributed by atoms with van der Waals surface area (Å²) in [6.45, 7) is 9.07. The molecule has 0 saturated carbocycles. The molecule has 2 saturated heterocycles. The Hall–Kier alpha value is -0.610. The van der Waals surface area contributed by atoms with Gasteiger partial charge in [0.15, 0.2) is 0 Å². The van der Waals surface area contributed by atoms with Crippen LogP contribution in [0.25, 0.3) is 0 Å². The minimum absolute atomic E-state index is 0.345. The van der Waals surface area contributed by atoms with Crippen molar-refractivity contribution in [3.05, 3.63) is 0 Å². The maximum absolute atomic E-state index is 12.4. The van der Waals surface area contributed by atoms with Crippen LogP contribution in [0.3, 0.4) is 0 Å². The van der Waals surface area contributed by atoms with Crippen molar-refractivity contribution in [2.75, 3.05) is 45.8 Å². The minimum Gasteiger partial charge on any atom is -0.342 e. The van der Waals surface area contributed by atoms with Crippen LogP contribution < -0.4 is 5.32 Å². The Morgan fingerprint density at radius 1 is 1.20 bits per heavy atom. The molecule has 2 aliphatic heterocycles. The van der Waals surface area contributed by atoms with Gasteiger partial charge in [0.1, 0.15) is 0 Å². The molecule has 1 amide bonds. The van der Waals surface area contributed by atoms with Crippen molar-refractivity contribution in [1.29, 1.82) is 0 Å². The second-order valence-electron chi connectivity index (χ2n) is 6.34. The molecule has 2 heterocycles. The molecule has 2 rings (SSSR count). The lowest BCUT2D eigenvalue weighted by molar-refractivity contribution is -0.132. The molecule has 4 heteroatoms. The molecule has 0 aromatic carbocycles. The predicted octanol–water partition coefficient (Wildman–Crippen LogP) is 1.71. The summed E-state index contributed by atoms with van der Waals surface area (Å²) in [4.78, 5) is 16.9. The van der Waals surface area contributed by atoms with Gasteiger partial charge in [0.25, 0.3) is 0 Å². The standard InChI is InChI=1S/C16H31N3O/c1-2-18(13-15-8-7-9-17-12-15)14-16(20)19-10-5-3-4-6-11-19/h15,17H,2-14H2,1H3. The average molecular weight is 281 g/mol.